The minimum Gasteiger partial charge on any atom is -0.459 e. The summed E-state index contributed by atoms with van der Waals surface area (Å²) in [5, 5.41) is 3.34. The molecule has 182 valence electrons. The molecule has 1 aliphatic rings. The molecule has 0 amide bonds. The number of imidazole rings is 1. The molecule has 9 heteroatoms. The topological polar surface area (TPSA) is 68.8 Å². The van der Waals surface area contributed by atoms with Crippen LogP contribution in [0.15, 0.2) is 71.5 Å². The Morgan fingerprint density at radius 3 is 2.50 bits per heavy atom. The highest BCUT2D eigenvalue weighted by molar-refractivity contribution is 5.86. The van der Waals surface area contributed by atoms with Gasteiger partial charge in [0.2, 0.25) is 0 Å². The van der Waals surface area contributed by atoms with Crippen molar-refractivity contribution in [1.29, 1.82) is 0 Å². The molecule has 36 heavy (non-hydrogen) atoms. The third-order valence-corrected chi connectivity index (χ3v) is 6.36. The number of furan rings is 1. The fourth-order valence-corrected chi connectivity index (χ4v) is 4.38. The molecule has 1 fully saturated rings. The highest BCUT2D eigenvalue weighted by Gasteiger charge is 2.34. The van der Waals surface area contributed by atoms with Crippen LogP contribution in [0.1, 0.15) is 35.6 Å². The van der Waals surface area contributed by atoms with E-state index in [4.69, 9.17) is 14.4 Å². The number of halogens is 3. The van der Waals surface area contributed by atoms with Crippen LogP contribution in [-0.4, -0.2) is 19.5 Å². The normalized spacial score (nSPS) is 13.9. The van der Waals surface area contributed by atoms with E-state index in [1.165, 1.54) is 23.0 Å². The second-order valence-electron chi connectivity index (χ2n) is 9.00. The van der Waals surface area contributed by atoms with Gasteiger partial charge in [-0.25, -0.2) is 15.0 Å². The molecule has 6 rings (SSSR count). The molecule has 0 radical (unpaired) electrons. The van der Waals surface area contributed by atoms with E-state index in [-0.39, 0.29) is 5.82 Å². The first kappa shape index (κ1) is 22.3. The van der Waals surface area contributed by atoms with Gasteiger partial charge in [0.1, 0.15) is 11.3 Å². The molecular weight excluding hydrogens is 467 g/mol. The highest BCUT2D eigenvalue weighted by atomic mass is 19.4. The van der Waals surface area contributed by atoms with Crippen LogP contribution in [0, 0.1) is 0 Å². The lowest BCUT2D eigenvalue weighted by Crippen LogP contribution is -2.05. The maximum absolute atomic E-state index is 13.0. The molecule has 6 nitrogen and oxygen atoms in total. The minimum absolute atomic E-state index is 0.258. The summed E-state index contributed by atoms with van der Waals surface area (Å²) >= 11 is 0. The fraction of sp³-hybridized carbons (Fsp3) is 0.222. The summed E-state index contributed by atoms with van der Waals surface area (Å²) < 4.78 is 46.1. The van der Waals surface area contributed by atoms with Crippen LogP contribution in [0.4, 0.5) is 19.0 Å². The van der Waals surface area contributed by atoms with Crippen molar-refractivity contribution in [3.63, 3.8) is 0 Å². The Hall–Kier alpha value is -4.14. The van der Waals surface area contributed by atoms with Gasteiger partial charge in [0.25, 0.3) is 0 Å². The summed E-state index contributed by atoms with van der Waals surface area (Å²) in [7, 11) is 1.55. The molecule has 3 aromatic heterocycles. The van der Waals surface area contributed by atoms with Crippen molar-refractivity contribution in [3.05, 3.63) is 83.9 Å². The molecule has 0 unspecified atom stereocenters. The second-order valence-corrected chi connectivity index (χ2v) is 9.00. The molecule has 2 aromatic carbocycles. The van der Waals surface area contributed by atoms with Crippen LogP contribution in [0.3, 0.4) is 0 Å². The van der Waals surface area contributed by atoms with E-state index in [0.29, 0.717) is 35.3 Å². The summed E-state index contributed by atoms with van der Waals surface area (Å²) in [6, 6.07) is 17.3. The first-order valence-corrected chi connectivity index (χ1v) is 11.6. The van der Waals surface area contributed by atoms with Gasteiger partial charge in [-0.1, -0.05) is 48.5 Å². The van der Waals surface area contributed by atoms with Gasteiger partial charge in [-0.05, 0) is 29.9 Å². The average Bonchev–Trinajstić information content (AvgIpc) is 3.47. The van der Waals surface area contributed by atoms with Crippen LogP contribution >= 0.6 is 0 Å². The van der Waals surface area contributed by atoms with E-state index >= 15 is 0 Å². The van der Waals surface area contributed by atoms with E-state index in [1.54, 1.807) is 25.4 Å². The third-order valence-electron chi connectivity index (χ3n) is 6.36. The Balaban J connectivity index is 1.25. The van der Waals surface area contributed by atoms with Crippen LogP contribution in [0.2, 0.25) is 0 Å². The first-order valence-electron chi connectivity index (χ1n) is 11.6. The van der Waals surface area contributed by atoms with Crippen LogP contribution in [0.5, 0.6) is 0 Å². The second kappa shape index (κ2) is 8.51. The number of anilines is 1. The summed E-state index contributed by atoms with van der Waals surface area (Å²) in [6.07, 6.45) is 0.474. The van der Waals surface area contributed by atoms with E-state index in [1.807, 2.05) is 30.3 Å². The molecule has 0 bridgehead atoms. The fourth-order valence-electron chi connectivity index (χ4n) is 4.38. The van der Waals surface area contributed by atoms with Gasteiger partial charge >= 0.3 is 6.18 Å². The van der Waals surface area contributed by atoms with E-state index in [0.717, 1.165) is 22.8 Å². The van der Waals surface area contributed by atoms with Gasteiger partial charge in [-0.3, -0.25) is 0 Å². The van der Waals surface area contributed by atoms with Gasteiger partial charge in [-0.2, -0.15) is 13.2 Å². The van der Waals surface area contributed by atoms with Crippen LogP contribution in [-0.2, 0) is 19.8 Å². The number of nitrogens with one attached hydrogen (secondary N) is 1. The molecule has 0 spiro atoms. The SMILES string of the molecule is Cn1cc(C(F)(F)F)nc1-c1ccc(CNc2nc(-c3ccccc3C3CC3)nc3ccoc23)cc1. The molecule has 5 aromatic rings. The summed E-state index contributed by atoms with van der Waals surface area (Å²) in [5.41, 5.74) is 4.23. The van der Waals surface area contributed by atoms with E-state index in [2.05, 4.69) is 22.4 Å². The first-order chi connectivity index (χ1) is 17.4. The Morgan fingerprint density at radius 1 is 1.00 bits per heavy atom. The average molecular weight is 490 g/mol. The lowest BCUT2D eigenvalue weighted by atomic mass is 10.0. The maximum Gasteiger partial charge on any atom is 0.434 e. The number of hydrogen-bond donors (Lipinski definition) is 1. The van der Waals surface area contributed by atoms with Gasteiger partial charge in [-0.15, -0.1) is 0 Å². The van der Waals surface area contributed by atoms with Crippen LogP contribution < -0.4 is 5.32 Å². The van der Waals surface area contributed by atoms with Gasteiger partial charge < -0.3 is 14.3 Å². The number of rotatable bonds is 6. The summed E-state index contributed by atoms with van der Waals surface area (Å²) in [4.78, 5) is 13.3. The monoisotopic (exact) mass is 489 g/mol. The molecule has 1 N–H and O–H groups in total. The number of aromatic nitrogens is 4. The zero-order valence-electron chi connectivity index (χ0n) is 19.4. The van der Waals surface area contributed by atoms with Crippen molar-refractivity contribution < 1.29 is 17.6 Å². The van der Waals surface area contributed by atoms with E-state index < -0.39 is 11.9 Å². The van der Waals surface area contributed by atoms with Crippen molar-refractivity contribution in [3.8, 4) is 22.8 Å². The lowest BCUT2D eigenvalue weighted by molar-refractivity contribution is -0.140. The van der Waals surface area contributed by atoms with Crippen molar-refractivity contribution in [2.75, 3.05) is 5.32 Å². The van der Waals surface area contributed by atoms with Crippen molar-refractivity contribution in [2.45, 2.75) is 31.5 Å². The Morgan fingerprint density at radius 2 is 1.78 bits per heavy atom. The van der Waals surface area contributed by atoms with E-state index in [9.17, 15) is 13.2 Å². The molecule has 1 aliphatic carbocycles. The largest absolute Gasteiger partial charge is 0.459 e. The van der Waals surface area contributed by atoms with Crippen LogP contribution in [0.25, 0.3) is 33.9 Å². The number of hydrogen-bond acceptors (Lipinski definition) is 5. The Labute approximate surface area is 204 Å². The Bertz CT molecular complexity index is 1550. The quantitative estimate of drug-likeness (QED) is 0.284. The molecule has 0 saturated heterocycles. The Kier molecular flexibility index (Phi) is 5.28. The molecule has 3 heterocycles. The third kappa shape index (κ3) is 4.21. The van der Waals surface area contributed by atoms with Gasteiger partial charge in [0.15, 0.2) is 22.9 Å². The molecule has 0 atom stereocenters. The van der Waals surface area contributed by atoms with Gasteiger partial charge in [0, 0.05) is 37.0 Å². The van der Waals surface area contributed by atoms with Crippen molar-refractivity contribution in [1.82, 2.24) is 19.5 Å². The smallest absolute Gasteiger partial charge is 0.434 e. The number of alkyl halides is 3. The predicted octanol–water partition coefficient (Wildman–Crippen LogP) is 6.80. The maximum atomic E-state index is 13.0. The summed E-state index contributed by atoms with van der Waals surface area (Å²) in [5.74, 6) is 2.06. The van der Waals surface area contributed by atoms with Crippen molar-refractivity contribution >= 4 is 16.9 Å². The summed E-state index contributed by atoms with van der Waals surface area (Å²) in [6.45, 7) is 0.450. The minimum atomic E-state index is -4.48. The number of benzene rings is 2. The highest BCUT2D eigenvalue weighted by Crippen LogP contribution is 2.44. The lowest BCUT2D eigenvalue weighted by Gasteiger charge is -2.11. The van der Waals surface area contributed by atoms with Gasteiger partial charge in [0.05, 0.1) is 6.26 Å². The molecule has 1 saturated carbocycles. The zero-order valence-corrected chi connectivity index (χ0v) is 19.4. The zero-order chi connectivity index (χ0) is 24.9. The number of nitrogens with zero attached hydrogens (tertiary/aromatic N) is 4. The number of fused-ring (bicyclic) bond motifs is 1. The number of aryl methyl sites for hydroxylation is 1. The molecule has 0 aliphatic heterocycles. The molecular formula is C27H22F3N5O. The standard InChI is InChI=1S/C27H22F3N5O/c1-35-15-22(27(28,29)30)33-26(35)18-8-6-16(7-9-18)14-31-25-23-21(12-13-36-23)32-24(34-25)20-5-3-2-4-19(20)17-10-11-17/h2-9,12-13,15,17H,10-11,14H2,1H3,(H,31,32,34). The predicted molar refractivity (Wildman–Crippen MR) is 130 cm³/mol. The van der Waals surface area contributed by atoms with Crippen molar-refractivity contribution in [2.24, 2.45) is 7.05 Å².